The van der Waals surface area contributed by atoms with Gasteiger partial charge in [-0.2, -0.15) is 0 Å². The van der Waals surface area contributed by atoms with Crippen molar-refractivity contribution in [2.75, 3.05) is 13.2 Å². The van der Waals surface area contributed by atoms with Crippen molar-refractivity contribution in [1.29, 1.82) is 0 Å². The fourth-order valence-electron chi connectivity index (χ4n) is 2.22. The number of aryl methyl sites for hydroxylation is 1. The van der Waals surface area contributed by atoms with Crippen LogP contribution in [0, 0.1) is 12.8 Å². The average molecular weight is 287 g/mol. The zero-order valence-electron chi connectivity index (χ0n) is 13.1. The molecule has 2 aromatic rings. The molecule has 3 nitrogen and oxygen atoms in total. The standard InChI is InChI=1S/C18H25NO2/c1-14(2)12-20-13-17(18-8-5-9-21-18)19-11-16-7-4-6-15(3)10-16/h4-10,14,17,19H,11-13H2,1-3H3. The van der Waals surface area contributed by atoms with E-state index in [0.717, 1.165) is 18.9 Å². The molecule has 0 bridgehead atoms. The Hall–Kier alpha value is -1.58. The van der Waals surface area contributed by atoms with Crippen molar-refractivity contribution in [1.82, 2.24) is 5.32 Å². The third kappa shape index (κ3) is 5.37. The summed E-state index contributed by atoms with van der Waals surface area (Å²) in [6, 6.07) is 12.5. The molecular weight excluding hydrogens is 262 g/mol. The van der Waals surface area contributed by atoms with Crippen molar-refractivity contribution in [2.24, 2.45) is 5.92 Å². The Kier molecular flexibility index (Phi) is 6.03. The largest absolute Gasteiger partial charge is 0.468 e. The van der Waals surface area contributed by atoms with E-state index in [4.69, 9.17) is 9.15 Å². The summed E-state index contributed by atoms with van der Waals surface area (Å²) < 4.78 is 11.3. The van der Waals surface area contributed by atoms with Crippen molar-refractivity contribution in [3.8, 4) is 0 Å². The minimum Gasteiger partial charge on any atom is -0.468 e. The Balaban J connectivity index is 1.92. The molecule has 1 unspecified atom stereocenters. The van der Waals surface area contributed by atoms with Gasteiger partial charge in [-0.3, -0.25) is 0 Å². The molecule has 114 valence electrons. The Morgan fingerprint density at radius 3 is 2.67 bits per heavy atom. The molecule has 0 amide bonds. The number of ether oxygens (including phenoxy) is 1. The zero-order valence-corrected chi connectivity index (χ0v) is 13.1. The highest BCUT2D eigenvalue weighted by Gasteiger charge is 2.14. The predicted octanol–water partition coefficient (Wildman–Crippen LogP) is 4.09. The summed E-state index contributed by atoms with van der Waals surface area (Å²) in [5.41, 5.74) is 2.55. The maximum Gasteiger partial charge on any atom is 0.123 e. The van der Waals surface area contributed by atoms with E-state index in [1.807, 2.05) is 12.1 Å². The first-order chi connectivity index (χ1) is 10.1. The molecule has 1 aromatic heterocycles. The molecule has 21 heavy (non-hydrogen) atoms. The van der Waals surface area contributed by atoms with Crippen molar-refractivity contribution in [2.45, 2.75) is 33.4 Å². The lowest BCUT2D eigenvalue weighted by molar-refractivity contribution is 0.0844. The first kappa shape index (κ1) is 15.8. The number of nitrogens with one attached hydrogen (secondary N) is 1. The van der Waals surface area contributed by atoms with Crippen molar-refractivity contribution >= 4 is 0 Å². The van der Waals surface area contributed by atoms with E-state index in [1.165, 1.54) is 11.1 Å². The minimum absolute atomic E-state index is 0.0827. The normalized spacial score (nSPS) is 12.8. The van der Waals surface area contributed by atoms with Gasteiger partial charge >= 0.3 is 0 Å². The number of hydrogen-bond donors (Lipinski definition) is 1. The van der Waals surface area contributed by atoms with Crippen LogP contribution in [0.5, 0.6) is 0 Å². The number of furan rings is 1. The molecule has 0 saturated heterocycles. The number of hydrogen-bond acceptors (Lipinski definition) is 3. The monoisotopic (exact) mass is 287 g/mol. The van der Waals surface area contributed by atoms with Crippen LogP contribution in [0.4, 0.5) is 0 Å². The van der Waals surface area contributed by atoms with Gasteiger partial charge in [-0.15, -0.1) is 0 Å². The summed E-state index contributed by atoms with van der Waals surface area (Å²) in [7, 11) is 0. The van der Waals surface area contributed by atoms with Crippen LogP contribution in [0.15, 0.2) is 47.1 Å². The van der Waals surface area contributed by atoms with Crippen LogP contribution >= 0.6 is 0 Å². The van der Waals surface area contributed by atoms with Gasteiger partial charge in [-0.25, -0.2) is 0 Å². The van der Waals surface area contributed by atoms with Crippen LogP contribution in [-0.4, -0.2) is 13.2 Å². The van der Waals surface area contributed by atoms with E-state index in [2.05, 4.69) is 50.4 Å². The topological polar surface area (TPSA) is 34.4 Å². The summed E-state index contributed by atoms with van der Waals surface area (Å²) >= 11 is 0. The van der Waals surface area contributed by atoms with E-state index in [-0.39, 0.29) is 6.04 Å². The second-order valence-electron chi connectivity index (χ2n) is 5.87. The second kappa shape index (κ2) is 8.01. The minimum atomic E-state index is 0.0827. The second-order valence-corrected chi connectivity index (χ2v) is 5.87. The lowest BCUT2D eigenvalue weighted by atomic mass is 10.1. The third-order valence-electron chi connectivity index (χ3n) is 3.26. The van der Waals surface area contributed by atoms with E-state index in [9.17, 15) is 0 Å². The third-order valence-corrected chi connectivity index (χ3v) is 3.26. The van der Waals surface area contributed by atoms with Gasteiger partial charge in [0, 0.05) is 13.2 Å². The summed E-state index contributed by atoms with van der Waals surface area (Å²) in [6.45, 7) is 8.61. The predicted molar refractivity (Wildman–Crippen MR) is 85.1 cm³/mol. The van der Waals surface area contributed by atoms with Crippen molar-refractivity contribution in [3.63, 3.8) is 0 Å². The summed E-state index contributed by atoms with van der Waals surface area (Å²) in [4.78, 5) is 0. The number of benzene rings is 1. The van der Waals surface area contributed by atoms with E-state index >= 15 is 0 Å². The molecule has 0 aliphatic heterocycles. The lowest BCUT2D eigenvalue weighted by Crippen LogP contribution is -2.25. The Morgan fingerprint density at radius 2 is 2.00 bits per heavy atom. The molecule has 0 spiro atoms. The van der Waals surface area contributed by atoms with Gasteiger partial charge in [0.15, 0.2) is 0 Å². The fourth-order valence-corrected chi connectivity index (χ4v) is 2.22. The average Bonchev–Trinajstić information content (AvgIpc) is 2.96. The van der Waals surface area contributed by atoms with Gasteiger partial charge in [0.05, 0.1) is 18.9 Å². The van der Waals surface area contributed by atoms with E-state index in [0.29, 0.717) is 12.5 Å². The highest BCUT2D eigenvalue weighted by molar-refractivity contribution is 5.22. The maximum absolute atomic E-state index is 5.77. The zero-order chi connectivity index (χ0) is 15.1. The Labute approximate surface area is 127 Å². The Bertz CT molecular complexity index is 520. The van der Waals surface area contributed by atoms with Crippen LogP contribution < -0.4 is 5.32 Å². The van der Waals surface area contributed by atoms with Crippen LogP contribution in [-0.2, 0) is 11.3 Å². The molecule has 0 saturated carbocycles. The molecule has 0 aliphatic carbocycles. The van der Waals surface area contributed by atoms with Crippen LogP contribution in [0.25, 0.3) is 0 Å². The van der Waals surface area contributed by atoms with Crippen molar-refractivity contribution < 1.29 is 9.15 Å². The van der Waals surface area contributed by atoms with E-state index in [1.54, 1.807) is 6.26 Å². The molecule has 1 N–H and O–H groups in total. The van der Waals surface area contributed by atoms with Gasteiger partial charge < -0.3 is 14.5 Å². The van der Waals surface area contributed by atoms with Gasteiger partial charge in [-0.1, -0.05) is 43.7 Å². The van der Waals surface area contributed by atoms with Gasteiger partial charge in [-0.05, 0) is 30.5 Å². The molecule has 2 rings (SSSR count). The quantitative estimate of drug-likeness (QED) is 0.794. The van der Waals surface area contributed by atoms with Crippen molar-refractivity contribution in [3.05, 3.63) is 59.5 Å². The summed E-state index contributed by atoms with van der Waals surface area (Å²) in [5, 5.41) is 3.52. The maximum atomic E-state index is 5.77. The Morgan fingerprint density at radius 1 is 1.14 bits per heavy atom. The molecule has 3 heteroatoms. The first-order valence-corrected chi connectivity index (χ1v) is 7.55. The smallest absolute Gasteiger partial charge is 0.123 e. The first-order valence-electron chi connectivity index (χ1n) is 7.55. The summed E-state index contributed by atoms with van der Waals surface area (Å²) in [6.07, 6.45) is 1.71. The lowest BCUT2D eigenvalue weighted by Gasteiger charge is -2.18. The SMILES string of the molecule is Cc1cccc(CNC(COCC(C)C)c2ccco2)c1. The molecule has 1 aromatic carbocycles. The molecule has 1 atom stereocenters. The van der Waals surface area contributed by atoms with Crippen LogP contribution in [0.2, 0.25) is 0 Å². The van der Waals surface area contributed by atoms with Crippen LogP contribution in [0.3, 0.4) is 0 Å². The molecular formula is C18H25NO2. The molecule has 0 aliphatic rings. The highest BCUT2D eigenvalue weighted by atomic mass is 16.5. The van der Waals surface area contributed by atoms with Crippen LogP contribution in [0.1, 0.15) is 36.8 Å². The van der Waals surface area contributed by atoms with Gasteiger partial charge in [0.2, 0.25) is 0 Å². The van der Waals surface area contributed by atoms with Gasteiger partial charge in [0.25, 0.3) is 0 Å². The summed E-state index contributed by atoms with van der Waals surface area (Å²) in [5.74, 6) is 1.46. The molecule has 0 radical (unpaired) electrons. The molecule has 0 fully saturated rings. The molecule has 1 heterocycles. The highest BCUT2D eigenvalue weighted by Crippen LogP contribution is 2.15. The van der Waals surface area contributed by atoms with Gasteiger partial charge in [0.1, 0.15) is 5.76 Å². The number of rotatable bonds is 8. The fraction of sp³-hybridized carbons (Fsp3) is 0.444. The van der Waals surface area contributed by atoms with E-state index < -0.39 is 0 Å².